The largest absolute Gasteiger partial charge is 0.480 e. The van der Waals surface area contributed by atoms with Gasteiger partial charge in [0.25, 0.3) is 0 Å². The maximum Gasteiger partial charge on any atom is 0.327 e. The predicted molar refractivity (Wildman–Crippen MR) is 120 cm³/mol. The van der Waals surface area contributed by atoms with Gasteiger partial charge in [0.15, 0.2) is 5.78 Å². The standard InChI is InChI=1S/C24H24N2O5S/c1-13(15-10-7-11-16(12-15)18(27)14-8-5-4-6-9-14)20(28)25-17-21(29)26-19(23(30)31)24(2,3)32-22(17)26/h4-13,17,19,22H,1-3H3,(H,25,28)(H,30,31)/t13?,17-,19+,22-/m1/s1. The lowest BCUT2D eigenvalue weighted by Gasteiger charge is -2.43. The van der Waals surface area contributed by atoms with Crippen LogP contribution >= 0.6 is 11.8 Å². The molecule has 7 nitrogen and oxygen atoms in total. The van der Waals surface area contributed by atoms with Crippen molar-refractivity contribution in [2.24, 2.45) is 0 Å². The fourth-order valence-corrected chi connectivity index (χ4v) is 5.91. The van der Waals surface area contributed by atoms with Crippen molar-refractivity contribution in [1.82, 2.24) is 10.2 Å². The molecule has 0 spiro atoms. The molecule has 2 aliphatic heterocycles. The third kappa shape index (κ3) is 3.68. The highest BCUT2D eigenvalue weighted by atomic mass is 32.2. The number of nitrogens with zero attached hydrogens (tertiary/aromatic N) is 1. The summed E-state index contributed by atoms with van der Waals surface area (Å²) >= 11 is 1.38. The Hall–Kier alpha value is -3.13. The number of thioether (sulfide) groups is 1. The van der Waals surface area contributed by atoms with Crippen LogP contribution in [0.1, 0.15) is 48.2 Å². The van der Waals surface area contributed by atoms with E-state index in [9.17, 15) is 24.3 Å². The molecule has 2 saturated heterocycles. The summed E-state index contributed by atoms with van der Waals surface area (Å²) < 4.78 is -0.649. The Labute approximate surface area is 190 Å². The molecule has 166 valence electrons. The van der Waals surface area contributed by atoms with Gasteiger partial charge in [-0.25, -0.2) is 4.79 Å². The van der Waals surface area contributed by atoms with Crippen molar-refractivity contribution in [3.8, 4) is 0 Å². The van der Waals surface area contributed by atoms with Crippen molar-refractivity contribution in [3.63, 3.8) is 0 Å². The number of nitrogens with one attached hydrogen (secondary N) is 1. The average Bonchev–Trinajstić information content (AvgIpc) is 3.04. The van der Waals surface area contributed by atoms with E-state index in [4.69, 9.17) is 0 Å². The van der Waals surface area contributed by atoms with E-state index in [2.05, 4.69) is 5.32 Å². The van der Waals surface area contributed by atoms with E-state index >= 15 is 0 Å². The lowest BCUT2D eigenvalue weighted by molar-refractivity contribution is -0.161. The SMILES string of the molecule is CC(C(=O)N[C@@H]1C(=O)N2[C@@H]1SC(C)(C)[C@@H]2C(=O)O)c1cccc(C(=O)c2ccccc2)c1. The van der Waals surface area contributed by atoms with Crippen LogP contribution in [0.5, 0.6) is 0 Å². The van der Waals surface area contributed by atoms with Crippen LogP contribution in [0.2, 0.25) is 0 Å². The Kier molecular flexibility index (Phi) is 5.58. The summed E-state index contributed by atoms with van der Waals surface area (Å²) in [6.07, 6.45) is 0. The minimum absolute atomic E-state index is 0.130. The number of amides is 2. The molecule has 32 heavy (non-hydrogen) atoms. The number of carboxylic acid groups (broad SMARTS) is 1. The van der Waals surface area contributed by atoms with Crippen LogP contribution in [0.15, 0.2) is 54.6 Å². The molecule has 2 aliphatic rings. The lowest BCUT2D eigenvalue weighted by atomic mass is 9.93. The number of rotatable bonds is 6. The van der Waals surface area contributed by atoms with Crippen molar-refractivity contribution >= 4 is 35.3 Å². The third-order valence-corrected chi connectivity index (χ3v) is 7.62. The van der Waals surface area contributed by atoms with Gasteiger partial charge in [-0.05, 0) is 32.4 Å². The minimum Gasteiger partial charge on any atom is -0.480 e. The Morgan fingerprint density at radius 1 is 1.06 bits per heavy atom. The summed E-state index contributed by atoms with van der Waals surface area (Å²) in [5, 5.41) is 11.9. The van der Waals surface area contributed by atoms with Crippen LogP contribution in [0.25, 0.3) is 0 Å². The molecule has 0 aliphatic carbocycles. The number of fused-ring (bicyclic) bond motifs is 1. The maximum atomic E-state index is 12.9. The van der Waals surface area contributed by atoms with Crippen LogP contribution in [-0.2, 0) is 14.4 Å². The molecular weight excluding hydrogens is 428 g/mol. The average molecular weight is 453 g/mol. The molecule has 0 aromatic heterocycles. The number of aliphatic carboxylic acids is 1. The highest BCUT2D eigenvalue weighted by molar-refractivity contribution is 8.01. The normalized spacial score (nSPS) is 24.3. The maximum absolute atomic E-state index is 12.9. The molecule has 2 amide bonds. The molecule has 2 aromatic carbocycles. The Bertz CT molecular complexity index is 1100. The van der Waals surface area contributed by atoms with Crippen molar-refractivity contribution in [3.05, 3.63) is 71.3 Å². The molecule has 2 heterocycles. The molecule has 2 aromatic rings. The molecule has 4 atom stereocenters. The van der Waals surface area contributed by atoms with E-state index in [1.807, 2.05) is 6.07 Å². The molecule has 2 fully saturated rings. The number of carbonyl (C=O) groups excluding carboxylic acids is 3. The zero-order valence-electron chi connectivity index (χ0n) is 17.9. The van der Waals surface area contributed by atoms with E-state index in [0.29, 0.717) is 16.7 Å². The van der Waals surface area contributed by atoms with Gasteiger partial charge in [0, 0.05) is 15.9 Å². The van der Waals surface area contributed by atoms with Crippen LogP contribution in [-0.4, -0.2) is 55.8 Å². The highest BCUT2D eigenvalue weighted by Crippen LogP contribution is 2.50. The Balaban J connectivity index is 1.47. The number of β-lactam (4-membered cyclic amide) rings is 1. The second-order valence-electron chi connectivity index (χ2n) is 8.63. The first-order valence-corrected chi connectivity index (χ1v) is 11.2. The second kappa shape index (κ2) is 8.09. The minimum atomic E-state index is -1.05. The lowest BCUT2D eigenvalue weighted by Crippen LogP contribution is -2.70. The number of hydrogen-bond donors (Lipinski definition) is 2. The van der Waals surface area contributed by atoms with Crippen LogP contribution < -0.4 is 5.32 Å². The number of hydrogen-bond acceptors (Lipinski definition) is 5. The monoisotopic (exact) mass is 452 g/mol. The van der Waals surface area contributed by atoms with E-state index in [0.717, 1.165) is 0 Å². The van der Waals surface area contributed by atoms with E-state index in [1.165, 1.54) is 16.7 Å². The number of carbonyl (C=O) groups is 4. The molecule has 0 radical (unpaired) electrons. The third-order valence-electron chi connectivity index (χ3n) is 6.05. The summed E-state index contributed by atoms with van der Waals surface area (Å²) in [5.41, 5.74) is 1.71. The van der Waals surface area contributed by atoms with Gasteiger partial charge < -0.3 is 15.3 Å². The Morgan fingerprint density at radius 3 is 2.38 bits per heavy atom. The zero-order chi connectivity index (χ0) is 23.2. The number of carboxylic acids is 1. The fourth-order valence-electron chi connectivity index (χ4n) is 4.28. The first-order valence-electron chi connectivity index (χ1n) is 10.3. The summed E-state index contributed by atoms with van der Waals surface area (Å²) in [6, 6.07) is 14.1. The number of benzene rings is 2. The molecule has 1 unspecified atom stereocenters. The molecule has 2 N–H and O–H groups in total. The first-order chi connectivity index (χ1) is 15.1. The van der Waals surface area contributed by atoms with Gasteiger partial charge in [-0.3, -0.25) is 14.4 Å². The van der Waals surface area contributed by atoms with E-state index < -0.39 is 34.1 Å². The first kappa shape index (κ1) is 22.1. The molecule has 0 saturated carbocycles. The van der Waals surface area contributed by atoms with Gasteiger partial charge in [0.1, 0.15) is 17.5 Å². The van der Waals surface area contributed by atoms with E-state index in [1.54, 1.807) is 69.3 Å². The van der Waals surface area contributed by atoms with Crippen molar-refractivity contribution in [1.29, 1.82) is 0 Å². The van der Waals surface area contributed by atoms with Gasteiger partial charge >= 0.3 is 5.97 Å². The van der Waals surface area contributed by atoms with Crippen LogP contribution in [0.4, 0.5) is 0 Å². The van der Waals surface area contributed by atoms with Gasteiger partial charge in [0.2, 0.25) is 11.8 Å². The molecule has 0 bridgehead atoms. The quantitative estimate of drug-likeness (QED) is 0.516. The van der Waals surface area contributed by atoms with Crippen molar-refractivity contribution in [2.75, 3.05) is 0 Å². The van der Waals surface area contributed by atoms with Crippen LogP contribution in [0.3, 0.4) is 0 Å². The smallest absolute Gasteiger partial charge is 0.327 e. The summed E-state index contributed by atoms with van der Waals surface area (Å²) in [6.45, 7) is 5.30. The Morgan fingerprint density at radius 2 is 1.72 bits per heavy atom. The van der Waals surface area contributed by atoms with Gasteiger partial charge in [-0.1, -0.05) is 48.5 Å². The van der Waals surface area contributed by atoms with Crippen molar-refractivity contribution < 1.29 is 24.3 Å². The van der Waals surface area contributed by atoms with Gasteiger partial charge in [0.05, 0.1) is 5.92 Å². The fraction of sp³-hybridized carbons (Fsp3) is 0.333. The van der Waals surface area contributed by atoms with E-state index in [-0.39, 0.29) is 17.6 Å². The molecule has 8 heteroatoms. The predicted octanol–water partition coefficient (Wildman–Crippen LogP) is 2.65. The highest BCUT2D eigenvalue weighted by Gasteiger charge is 2.64. The molecule has 4 rings (SSSR count). The molecular formula is C24H24N2O5S. The van der Waals surface area contributed by atoms with Crippen molar-refractivity contribution in [2.45, 2.75) is 48.9 Å². The second-order valence-corrected chi connectivity index (χ2v) is 10.4. The van der Waals surface area contributed by atoms with Crippen LogP contribution in [0, 0.1) is 0 Å². The van der Waals surface area contributed by atoms with Gasteiger partial charge in [-0.2, -0.15) is 0 Å². The zero-order valence-corrected chi connectivity index (χ0v) is 18.8. The summed E-state index contributed by atoms with van der Waals surface area (Å²) in [5.74, 6) is -2.49. The van der Waals surface area contributed by atoms with Gasteiger partial charge in [-0.15, -0.1) is 11.8 Å². The summed E-state index contributed by atoms with van der Waals surface area (Å²) in [4.78, 5) is 51.3. The topological polar surface area (TPSA) is 104 Å². The number of ketones is 1. The summed E-state index contributed by atoms with van der Waals surface area (Å²) in [7, 11) is 0.